The molecule has 8 heteroatoms. The van der Waals surface area contributed by atoms with Gasteiger partial charge in [0.25, 0.3) is 0 Å². The largest absolute Gasteiger partial charge is 0.490 e. The number of benzene rings is 2. The van der Waals surface area contributed by atoms with Crippen LogP contribution in [0.4, 0.5) is 5.69 Å². The molecule has 0 aliphatic carbocycles. The monoisotopic (exact) mass is 406 g/mol. The normalized spacial score (nSPS) is 15.5. The summed E-state index contributed by atoms with van der Waals surface area (Å²) in [7, 11) is 0. The molecule has 1 saturated heterocycles. The third-order valence-corrected chi connectivity index (χ3v) is 5.26. The molecule has 0 atom stereocenters. The van der Waals surface area contributed by atoms with E-state index in [-0.39, 0.29) is 25.9 Å². The lowest BCUT2D eigenvalue weighted by Gasteiger charge is -2.26. The first-order valence-corrected chi connectivity index (χ1v) is 10.1. The summed E-state index contributed by atoms with van der Waals surface area (Å²) in [4.78, 5) is 17.6. The van der Waals surface area contributed by atoms with Crippen LogP contribution >= 0.6 is 0 Å². The predicted octanol–water partition coefficient (Wildman–Crippen LogP) is 3.02. The van der Waals surface area contributed by atoms with Crippen molar-refractivity contribution in [2.75, 3.05) is 32.9 Å². The summed E-state index contributed by atoms with van der Waals surface area (Å²) in [6.07, 6.45) is 0.260. The highest BCUT2D eigenvalue weighted by Gasteiger charge is 2.23. The van der Waals surface area contributed by atoms with Crippen molar-refractivity contribution in [2.45, 2.75) is 19.9 Å². The molecule has 2 aromatic rings. The molecular weight excluding hydrogens is 383 g/mol. The van der Waals surface area contributed by atoms with Gasteiger partial charge in [-0.3, -0.25) is 4.79 Å². The molecular formula is C22H23BN2O5. The van der Waals surface area contributed by atoms with Crippen molar-refractivity contribution in [1.82, 2.24) is 4.90 Å². The Morgan fingerprint density at radius 2 is 2.03 bits per heavy atom. The van der Waals surface area contributed by atoms with Crippen LogP contribution in [0.1, 0.15) is 12.0 Å². The molecule has 2 aliphatic heterocycles. The SMILES string of the molecule is [C-]#[N+]c1ccc(Oc2ccc3c(c2)COB3C)c(OCCC(=O)N2CCOCC2)c1. The molecule has 30 heavy (non-hydrogen) atoms. The third kappa shape index (κ3) is 4.59. The summed E-state index contributed by atoms with van der Waals surface area (Å²) in [6.45, 7) is 12.5. The van der Waals surface area contributed by atoms with E-state index in [1.165, 1.54) is 5.46 Å². The Bertz CT molecular complexity index is 968. The Labute approximate surface area is 176 Å². The maximum atomic E-state index is 12.3. The fourth-order valence-corrected chi connectivity index (χ4v) is 3.58. The molecule has 7 nitrogen and oxygen atoms in total. The zero-order valence-corrected chi connectivity index (χ0v) is 16.9. The van der Waals surface area contributed by atoms with E-state index in [9.17, 15) is 4.79 Å². The van der Waals surface area contributed by atoms with Gasteiger partial charge in [0.05, 0.1) is 39.4 Å². The van der Waals surface area contributed by atoms with Gasteiger partial charge in [-0.2, -0.15) is 0 Å². The first-order valence-electron chi connectivity index (χ1n) is 10.1. The lowest BCUT2D eigenvalue weighted by molar-refractivity contribution is -0.135. The maximum Gasteiger partial charge on any atom is 0.324 e. The van der Waals surface area contributed by atoms with E-state index in [2.05, 4.69) is 4.85 Å². The van der Waals surface area contributed by atoms with E-state index in [1.807, 2.05) is 25.0 Å². The van der Waals surface area contributed by atoms with Crippen LogP contribution in [0, 0.1) is 6.57 Å². The highest BCUT2D eigenvalue weighted by Crippen LogP contribution is 2.35. The summed E-state index contributed by atoms with van der Waals surface area (Å²) in [6, 6.07) is 10.9. The van der Waals surface area contributed by atoms with Crippen LogP contribution in [0.15, 0.2) is 36.4 Å². The highest BCUT2D eigenvalue weighted by molar-refractivity contribution is 6.67. The molecule has 154 valence electrons. The van der Waals surface area contributed by atoms with Crippen LogP contribution in [-0.4, -0.2) is 50.6 Å². The standard InChI is InChI=1S/C22H23BN2O5/c1-23-19-5-4-18(13-16(19)15-29-23)30-20-6-3-17(24-2)14-21(20)28-10-7-22(26)25-8-11-27-12-9-25/h3-6,13-14H,7-12,15H2,1H3. The fourth-order valence-electron chi connectivity index (χ4n) is 3.58. The number of rotatable bonds is 6. The van der Waals surface area contributed by atoms with Crippen molar-refractivity contribution < 1.29 is 23.7 Å². The van der Waals surface area contributed by atoms with E-state index in [0.29, 0.717) is 55.8 Å². The van der Waals surface area contributed by atoms with Gasteiger partial charge in [0.1, 0.15) is 5.75 Å². The van der Waals surface area contributed by atoms with E-state index < -0.39 is 0 Å². The van der Waals surface area contributed by atoms with Crippen molar-refractivity contribution in [3.05, 3.63) is 53.4 Å². The molecule has 4 rings (SSSR count). The third-order valence-electron chi connectivity index (χ3n) is 5.26. The smallest absolute Gasteiger partial charge is 0.324 e. The first-order chi connectivity index (χ1) is 14.6. The summed E-state index contributed by atoms with van der Waals surface area (Å²) in [5, 5.41) is 0. The molecule has 2 aliphatic rings. The molecule has 2 heterocycles. The van der Waals surface area contributed by atoms with E-state index >= 15 is 0 Å². The lowest BCUT2D eigenvalue weighted by atomic mass is 9.64. The van der Waals surface area contributed by atoms with Gasteiger partial charge in [0, 0.05) is 13.1 Å². The molecule has 1 fully saturated rings. The molecule has 0 spiro atoms. The molecule has 0 saturated carbocycles. The molecule has 1 amide bonds. The number of hydrogen-bond acceptors (Lipinski definition) is 5. The zero-order chi connectivity index (χ0) is 20.9. The minimum Gasteiger partial charge on any atom is -0.490 e. The van der Waals surface area contributed by atoms with Gasteiger partial charge >= 0.3 is 6.92 Å². The van der Waals surface area contributed by atoms with E-state index in [4.69, 9.17) is 25.4 Å². The number of morpholine rings is 1. The average molecular weight is 406 g/mol. The van der Waals surface area contributed by atoms with Crippen molar-refractivity contribution >= 4 is 24.0 Å². The zero-order valence-electron chi connectivity index (χ0n) is 16.9. The van der Waals surface area contributed by atoms with Gasteiger partial charge < -0.3 is 23.8 Å². The van der Waals surface area contributed by atoms with Crippen molar-refractivity contribution in [3.8, 4) is 17.2 Å². The van der Waals surface area contributed by atoms with E-state index in [1.54, 1.807) is 23.1 Å². The van der Waals surface area contributed by atoms with Crippen LogP contribution < -0.4 is 14.9 Å². The Morgan fingerprint density at radius 1 is 1.20 bits per heavy atom. The minimum absolute atomic E-state index is 0.0369. The van der Waals surface area contributed by atoms with Crippen LogP contribution in [0.5, 0.6) is 17.2 Å². The van der Waals surface area contributed by atoms with Crippen LogP contribution in [0.3, 0.4) is 0 Å². The number of carbonyl (C=O) groups is 1. The van der Waals surface area contributed by atoms with Crippen molar-refractivity contribution in [1.29, 1.82) is 0 Å². The second-order valence-electron chi connectivity index (χ2n) is 7.25. The number of nitrogens with zero attached hydrogens (tertiary/aromatic N) is 2. The number of fused-ring (bicyclic) bond motifs is 1. The summed E-state index contributed by atoms with van der Waals surface area (Å²) in [5.74, 6) is 1.67. The first kappa shape index (κ1) is 20.3. The van der Waals surface area contributed by atoms with Gasteiger partial charge in [-0.25, -0.2) is 4.85 Å². The second kappa shape index (κ2) is 9.20. The summed E-state index contributed by atoms with van der Waals surface area (Å²) < 4.78 is 22.8. The van der Waals surface area contributed by atoms with Gasteiger partial charge in [0.2, 0.25) is 5.91 Å². The van der Waals surface area contributed by atoms with Gasteiger partial charge in [-0.05, 0) is 35.3 Å². The predicted molar refractivity (Wildman–Crippen MR) is 113 cm³/mol. The molecule has 0 bridgehead atoms. The molecule has 0 unspecified atom stereocenters. The molecule has 0 aromatic heterocycles. The molecule has 0 N–H and O–H groups in total. The highest BCUT2D eigenvalue weighted by atomic mass is 16.5. The fraction of sp³-hybridized carbons (Fsp3) is 0.364. The number of hydrogen-bond donors (Lipinski definition) is 0. The Kier molecular flexibility index (Phi) is 6.22. The second-order valence-corrected chi connectivity index (χ2v) is 7.25. The number of amides is 1. The Hall–Kier alpha value is -3.02. The number of ether oxygens (including phenoxy) is 3. The van der Waals surface area contributed by atoms with Crippen molar-refractivity contribution in [2.24, 2.45) is 0 Å². The van der Waals surface area contributed by atoms with Crippen molar-refractivity contribution in [3.63, 3.8) is 0 Å². The summed E-state index contributed by atoms with van der Waals surface area (Å²) in [5.41, 5.74) is 2.73. The van der Waals surface area contributed by atoms with Crippen LogP contribution in [-0.2, 0) is 20.8 Å². The van der Waals surface area contributed by atoms with Gasteiger partial charge in [-0.15, -0.1) is 0 Å². The van der Waals surface area contributed by atoms with Gasteiger partial charge in [-0.1, -0.05) is 19.0 Å². The maximum absolute atomic E-state index is 12.3. The molecule has 2 aromatic carbocycles. The van der Waals surface area contributed by atoms with Gasteiger partial charge in [0.15, 0.2) is 17.2 Å². The number of carbonyl (C=O) groups excluding carboxylic acids is 1. The van der Waals surface area contributed by atoms with Crippen LogP contribution in [0.25, 0.3) is 4.85 Å². The summed E-state index contributed by atoms with van der Waals surface area (Å²) >= 11 is 0. The topological polar surface area (TPSA) is 61.6 Å². The Morgan fingerprint density at radius 3 is 2.83 bits per heavy atom. The molecule has 0 radical (unpaired) electrons. The Balaban J connectivity index is 1.43. The average Bonchev–Trinajstić information content (AvgIpc) is 3.15. The lowest BCUT2D eigenvalue weighted by Crippen LogP contribution is -2.41. The quantitative estimate of drug-likeness (QED) is 0.545. The minimum atomic E-state index is 0.0369. The van der Waals surface area contributed by atoms with Crippen LogP contribution in [0.2, 0.25) is 6.82 Å². The van der Waals surface area contributed by atoms with E-state index in [0.717, 1.165) is 5.56 Å².